The molecule has 146 valence electrons. The summed E-state index contributed by atoms with van der Waals surface area (Å²) in [5, 5.41) is 2.67. The minimum absolute atomic E-state index is 0.0740. The topological polar surface area (TPSA) is 68.2 Å². The van der Waals surface area contributed by atoms with Crippen molar-refractivity contribution in [3.63, 3.8) is 0 Å². The number of aliphatic imine (C=N–C) groups is 1. The number of imidazole rings is 1. The van der Waals surface area contributed by atoms with E-state index in [9.17, 15) is 26.3 Å². The molecule has 4 rings (SSSR count). The lowest BCUT2D eigenvalue weighted by Crippen LogP contribution is -2.31. The van der Waals surface area contributed by atoms with E-state index in [-0.39, 0.29) is 23.5 Å². The molecule has 1 aromatic heterocycles. The molecular weight excluding hydrogens is 388 g/mol. The third kappa shape index (κ3) is 3.02. The summed E-state index contributed by atoms with van der Waals surface area (Å²) in [5.41, 5.74) is 3.51. The van der Waals surface area contributed by atoms with Gasteiger partial charge in [0, 0.05) is 0 Å². The molecule has 5 nitrogen and oxygen atoms in total. The predicted molar refractivity (Wildman–Crippen MR) is 89.6 cm³/mol. The number of guanidine groups is 1. The fourth-order valence-corrected chi connectivity index (χ4v) is 3.07. The molecule has 0 radical (unpaired) electrons. The third-order valence-electron chi connectivity index (χ3n) is 4.25. The van der Waals surface area contributed by atoms with Crippen LogP contribution in [0, 0.1) is 0 Å². The maximum Gasteiger partial charge on any atom is 0.416 e. The average molecular weight is 399 g/mol. The van der Waals surface area contributed by atoms with E-state index in [2.05, 4.69) is 15.3 Å². The highest BCUT2D eigenvalue weighted by molar-refractivity contribution is 5.94. The van der Waals surface area contributed by atoms with Crippen LogP contribution >= 0.6 is 0 Å². The summed E-state index contributed by atoms with van der Waals surface area (Å²) in [6.45, 7) is 0. The van der Waals surface area contributed by atoms with E-state index in [0.717, 1.165) is 0 Å². The Hall–Kier alpha value is -3.24. The molecule has 0 bridgehead atoms. The second kappa shape index (κ2) is 5.88. The second-order valence-electron chi connectivity index (χ2n) is 6.15. The Bertz CT molecular complexity index is 1060. The molecule has 2 heterocycles. The molecule has 0 spiro atoms. The third-order valence-corrected chi connectivity index (χ3v) is 4.25. The van der Waals surface area contributed by atoms with Gasteiger partial charge < -0.3 is 5.73 Å². The SMILES string of the molecule is NC1=NC(c2cc(C(F)(F)F)cc(C(F)(F)F)c2)n2c(nc3ccccc32)N1. The number of halogens is 6. The molecule has 1 atom stereocenters. The number of para-hydroxylation sites is 2. The van der Waals surface area contributed by atoms with Gasteiger partial charge in [-0.15, -0.1) is 0 Å². The maximum atomic E-state index is 13.2. The zero-order chi connectivity index (χ0) is 20.3. The first-order chi connectivity index (χ1) is 13.0. The van der Waals surface area contributed by atoms with Crippen LogP contribution in [0.1, 0.15) is 22.9 Å². The lowest BCUT2D eigenvalue weighted by molar-refractivity contribution is -0.143. The Labute approximate surface area is 153 Å². The normalized spacial score (nSPS) is 17.2. The van der Waals surface area contributed by atoms with Crippen molar-refractivity contribution in [3.8, 4) is 0 Å². The highest BCUT2D eigenvalue weighted by Gasteiger charge is 2.38. The summed E-state index contributed by atoms with van der Waals surface area (Å²) in [6, 6.07) is 8.01. The number of nitrogens with zero attached hydrogens (tertiary/aromatic N) is 3. The van der Waals surface area contributed by atoms with Gasteiger partial charge in [-0.2, -0.15) is 26.3 Å². The van der Waals surface area contributed by atoms with Crippen molar-refractivity contribution < 1.29 is 26.3 Å². The van der Waals surface area contributed by atoms with Gasteiger partial charge in [-0.3, -0.25) is 9.88 Å². The molecule has 11 heteroatoms. The van der Waals surface area contributed by atoms with Gasteiger partial charge in [-0.1, -0.05) is 12.1 Å². The van der Waals surface area contributed by atoms with Gasteiger partial charge in [0.2, 0.25) is 5.95 Å². The van der Waals surface area contributed by atoms with Gasteiger partial charge in [0.15, 0.2) is 12.1 Å². The zero-order valence-corrected chi connectivity index (χ0v) is 13.8. The van der Waals surface area contributed by atoms with Crippen LogP contribution < -0.4 is 11.1 Å². The number of hydrogen-bond acceptors (Lipinski definition) is 4. The van der Waals surface area contributed by atoms with Crippen LogP contribution in [-0.4, -0.2) is 15.5 Å². The number of nitrogens with one attached hydrogen (secondary N) is 1. The minimum atomic E-state index is -4.96. The Morgan fingerprint density at radius 1 is 0.929 bits per heavy atom. The van der Waals surface area contributed by atoms with Crippen molar-refractivity contribution >= 4 is 22.9 Å². The average Bonchev–Trinajstić information content (AvgIpc) is 2.97. The first kappa shape index (κ1) is 18.1. The summed E-state index contributed by atoms with van der Waals surface area (Å²) in [4.78, 5) is 8.30. The second-order valence-corrected chi connectivity index (χ2v) is 6.15. The first-order valence-electron chi connectivity index (χ1n) is 7.91. The summed E-state index contributed by atoms with van der Waals surface area (Å²) in [6.07, 6.45) is -11.2. The number of hydrogen-bond donors (Lipinski definition) is 2. The number of aromatic nitrogens is 2. The van der Waals surface area contributed by atoms with Crippen molar-refractivity contribution in [2.45, 2.75) is 18.5 Å². The van der Waals surface area contributed by atoms with E-state index in [0.29, 0.717) is 23.2 Å². The van der Waals surface area contributed by atoms with E-state index in [1.165, 1.54) is 4.57 Å². The lowest BCUT2D eigenvalue weighted by Gasteiger charge is -2.25. The molecule has 0 saturated heterocycles. The Balaban J connectivity index is 1.97. The van der Waals surface area contributed by atoms with E-state index in [4.69, 9.17) is 5.73 Å². The van der Waals surface area contributed by atoms with Gasteiger partial charge >= 0.3 is 12.4 Å². The molecule has 2 aromatic carbocycles. The van der Waals surface area contributed by atoms with Crippen LogP contribution in [0.2, 0.25) is 0 Å². The van der Waals surface area contributed by atoms with Crippen molar-refractivity contribution in [2.75, 3.05) is 5.32 Å². The molecule has 3 aromatic rings. The zero-order valence-electron chi connectivity index (χ0n) is 13.8. The smallest absolute Gasteiger partial charge is 0.370 e. The molecule has 1 aliphatic heterocycles. The van der Waals surface area contributed by atoms with Crippen LogP contribution in [-0.2, 0) is 12.4 Å². The fraction of sp³-hybridized carbons (Fsp3) is 0.176. The van der Waals surface area contributed by atoms with E-state index in [1.54, 1.807) is 24.3 Å². The number of nitrogens with two attached hydrogens (primary N) is 1. The number of alkyl halides is 6. The van der Waals surface area contributed by atoms with Crippen molar-refractivity contribution in [2.24, 2.45) is 10.7 Å². The molecule has 1 aliphatic rings. The largest absolute Gasteiger partial charge is 0.416 e. The number of rotatable bonds is 1. The summed E-state index contributed by atoms with van der Waals surface area (Å²) in [5.74, 6) is 0.00319. The number of fused-ring (bicyclic) bond motifs is 3. The van der Waals surface area contributed by atoms with Crippen molar-refractivity contribution in [3.05, 3.63) is 59.2 Å². The number of benzene rings is 2. The monoisotopic (exact) mass is 399 g/mol. The molecule has 28 heavy (non-hydrogen) atoms. The molecule has 0 aliphatic carbocycles. The summed E-state index contributed by atoms with van der Waals surface area (Å²) in [7, 11) is 0. The van der Waals surface area contributed by atoms with Crippen LogP contribution in [0.25, 0.3) is 11.0 Å². The molecular formula is C17H11F6N5. The Morgan fingerprint density at radius 2 is 1.54 bits per heavy atom. The first-order valence-corrected chi connectivity index (χ1v) is 7.91. The number of anilines is 1. The fourth-order valence-electron chi connectivity index (χ4n) is 3.07. The lowest BCUT2D eigenvalue weighted by atomic mass is 10.0. The molecule has 0 saturated carbocycles. The standard InChI is InChI=1S/C17H11F6N5/c18-16(19,20)9-5-8(6-10(7-9)17(21,22)23)13-26-14(24)27-15-25-11-3-1-2-4-12(11)28(13)15/h1-7,13H,(H3,24,25,26,27). The Morgan fingerprint density at radius 3 is 2.14 bits per heavy atom. The van der Waals surface area contributed by atoms with Crippen molar-refractivity contribution in [1.82, 2.24) is 9.55 Å². The van der Waals surface area contributed by atoms with Gasteiger partial charge in [-0.05, 0) is 35.9 Å². The van der Waals surface area contributed by atoms with Gasteiger partial charge in [0.25, 0.3) is 0 Å². The van der Waals surface area contributed by atoms with E-state index >= 15 is 0 Å². The summed E-state index contributed by atoms with van der Waals surface area (Å²) < 4.78 is 80.7. The minimum Gasteiger partial charge on any atom is -0.370 e. The molecule has 3 N–H and O–H groups in total. The maximum absolute atomic E-state index is 13.2. The van der Waals surface area contributed by atoms with Crippen LogP contribution in [0.5, 0.6) is 0 Å². The van der Waals surface area contributed by atoms with E-state index < -0.39 is 29.6 Å². The quantitative estimate of drug-likeness (QED) is 0.598. The highest BCUT2D eigenvalue weighted by atomic mass is 19.4. The molecule has 1 unspecified atom stereocenters. The Kier molecular flexibility index (Phi) is 3.81. The molecule has 0 amide bonds. The van der Waals surface area contributed by atoms with Crippen LogP contribution in [0.4, 0.5) is 32.3 Å². The van der Waals surface area contributed by atoms with Crippen molar-refractivity contribution in [1.29, 1.82) is 0 Å². The van der Waals surface area contributed by atoms with Gasteiger partial charge in [0.05, 0.1) is 22.2 Å². The van der Waals surface area contributed by atoms with Crippen LogP contribution in [0.3, 0.4) is 0 Å². The van der Waals surface area contributed by atoms with Gasteiger partial charge in [-0.25, -0.2) is 9.98 Å². The van der Waals surface area contributed by atoms with Gasteiger partial charge in [0.1, 0.15) is 0 Å². The predicted octanol–water partition coefficient (Wildman–Crippen LogP) is 4.36. The molecule has 0 fully saturated rings. The van der Waals surface area contributed by atoms with Crippen LogP contribution in [0.15, 0.2) is 47.5 Å². The summed E-state index contributed by atoms with van der Waals surface area (Å²) >= 11 is 0. The highest BCUT2D eigenvalue weighted by Crippen LogP contribution is 2.40. The van der Waals surface area contributed by atoms with E-state index in [1.807, 2.05) is 0 Å².